The lowest BCUT2D eigenvalue weighted by atomic mass is 9.95. The number of amides is 3. The molecule has 1 aliphatic rings. The van der Waals surface area contributed by atoms with Crippen molar-refractivity contribution < 1.29 is 23.9 Å². The Morgan fingerprint density at radius 2 is 1.54 bits per heavy atom. The second-order valence-corrected chi connectivity index (χ2v) is 11.9. The molecule has 1 aromatic heterocycles. The molecule has 4 aromatic rings. The second-order valence-electron chi connectivity index (χ2n) is 11.2. The number of hydrogen-bond acceptors (Lipinski definition) is 8. The monoisotopic (exact) mass is 641 g/mol. The molecule has 10 nitrogen and oxygen atoms in total. The van der Waals surface area contributed by atoms with Gasteiger partial charge in [0.05, 0.1) is 19.9 Å². The number of aromatic nitrogens is 1. The molecule has 0 spiro atoms. The molecule has 3 amide bonds. The first-order valence-electron chi connectivity index (χ1n) is 15.4. The summed E-state index contributed by atoms with van der Waals surface area (Å²) < 4.78 is 15.0. The van der Waals surface area contributed by atoms with Crippen molar-refractivity contribution in [3.63, 3.8) is 0 Å². The van der Waals surface area contributed by atoms with Gasteiger partial charge in [-0.1, -0.05) is 61.7 Å². The number of benzene rings is 3. The molecule has 3 aromatic carbocycles. The van der Waals surface area contributed by atoms with Gasteiger partial charge in [-0.3, -0.25) is 19.3 Å². The van der Waals surface area contributed by atoms with Crippen molar-refractivity contribution in [2.75, 3.05) is 31.4 Å². The highest BCUT2D eigenvalue weighted by molar-refractivity contribution is 7.09. The minimum atomic E-state index is -1.09. The molecule has 240 valence electrons. The molecule has 0 aliphatic heterocycles. The maximum Gasteiger partial charge on any atom is 0.273 e. The molecular weight excluding hydrogens is 602 g/mol. The quantitative estimate of drug-likeness (QED) is 0.185. The Morgan fingerprint density at radius 1 is 0.913 bits per heavy atom. The third kappa shape index (κ3) is 7.66. The minimum absolute atomic E-state index is 0.0141. The fraction of sp³-hybridized carbons (Fsp3) is 0.314. The van der Waals surface area contributed by atoms with Crippen LogP contribution in [-0.2, 0) is 11.2 Å². The predicted molar refractivity (Wildman–Crippen MR) is 180 cm³/mol. The van der Waals surface area contributed by atoms with Crippen LogP contribution in [0.3, 0.4) is 0 Å². The number of nitrogens with one attached hydrogen (secondary N) is 2. The highest BCUT2D eigenvalue weighted by Gasteiger charge is 2.36. The lowest BCUT2D eigenvalue weighted by Crippen LogP contribution is -2.44. The molecule has 1 fully saturated rings. The molecule has 1 saturated carbocycles. The van der Waals surface area contributed by atoms with Gasteiger partial charge in [-0.05, 0) is 78.3 Å². The van der Waals surface area contributed by atoms with E-state index in [0.29, 0.717) is 35.7 Å². The van der Waals surface area contributed by atoms with E-state index in [1.165, 1.54) is 4.90 Å². The summed E-state index contributed by atoms with van der Waals surface area (Å²) in [5, 5.41) is 6.05. The van der Waals surface area contributed by atoms with E-state index < -0.39 is 17.9 Å². The second kappa shape index (κ2) is 15.4. The molecular formula is C35H39N5O5S. The first-order valence-corrected chi connectivity index (χ1v) is 16.2. The molecule has 1 atom stereocenters. The Morgan fingerprint density at radius 3 is 2.17 bits per heavy atom. The van der Waals surface area contributed by atoms with E-state index in [1.54, 1.807) is 62.8 Å². The lowest BCUT2D eigenvalue weighted by Gasteiger charge is -2.31. The van der Waals surface area contributed by atoms with Gasteiger partial charge in [-0.25, -0.2) is 0 Å². The molecule has 0 unspecified atom stereocenters. The summed E-state index contributed by atoms with van der Waals surface area (Å²) >= 11 is 0.847. The van der Waals surface area contributed by atoms with Gasteiger partial charge in [0.25, 0.3) is 11.8 Å². The van der Waals surface area contributed by atoms with Gasteiger partial charge in [0, 0.05) is 18.3 Å². The van der Waals surface area contributed by atoms with E-state index >= 15 is 0 Å². The summed E-state index contributed by atoms with van der Waals surface area (Å²) in [5.74, 6) is -0.154. The van der Waals surface area contributed by atoms with Crippen LogP contribution in [0.4, 0.5) is 11.4 Å². The number of rotatable bonds is 12. The third-order valence-electron chi connectivity index (χ3n) is 8.14. The molecule has 1 heterocycles. The van der Waals surface area contributed by atoms with Crippen LogP contribution in [0.25, 0.3) is 0 Å². The number of carbonyl (C=O) groups excluding carboxylic acids is 3. The van der Waals surface area contributed by atoms with E-state index in [2.05, 4.69) is 15.0 Å². The van der Waals surface area contributed by atoms with E-state index in [1.807, 2.05) is 30.3 Å². The Bertz CT molecular complexity index is 1620. The van der Waals surface area contributed by atoms with Crippen molar-refractivity contribution in [1.82, 2.24) is 15.0 Å². The number of nitrogens with two attached hydrogens (primary N) is 1. The number of nitrogens with zero attached hydrogens (tertiary/aromatic N) is 2. The molecule has 0 radical (unpaired) electrons. The Balaban J connectivity index is 1.50. The van der Waals surface area contributed by atoms with Crippen LogP contribution < -0.4 is 30.7 Å². The molecule has 46 heavy (non-hydrogen) atoms. The fourth-order valence-corrected chi connectivity index (χ4v) is 6.36. The first kappa shape index (κ1) is 32.5. The smallest absolute Gasteiger partial charge is 0.273 e. The van der Waals surface area contributed by atoms with E-state index in [4.69, 9.17) is 15.2 Å². The highest BCUT2D eigenvalue weighted by atomic mass is 32.1. The Hall–Kier alpha value is -4.90. The molecule has 1 aliphatic carbocycles. The summed E-state index contributed by atoms with van der Waals surface area (Å²) in [6.07, 6.45) is 5.67. The average molecular weight is 642 g/mol. The van der Waals surface area contributed by atoms with Crippen LogP contribution in [0.1, 0.15) is 69.4 Å². The van der Waals surface area contributed by atoms with Gasteiger partial charge in [-0.15, -0.1) is 0 Å². The summed E-state index contributed by atoms with van der Waals surface area (Å²) in [5.41, 5.74) is 8.54. The van der Waals surface area contributed by atoms with Gasteiger partial charge in [-0.2, -0.15) is 4.37 Å². The van der Waals surface area contributed by atoms with Gasteiger partial charge in [0.15, 0.2) is 5.69 Å². The SMILES string of the molecule is COc1ccc([C@@H](C(=O)NCCc2ccccc2)N(C(=O)c2snc(C(=O)NC3CCCCC3)c2N)c2ccc(OC)cc2)cc1. The van der Waals surface area contributed by atoms with E-state index in [9.17, 15) is 14.4 Å². The van der Waals surface area contributed by atoms with Crippen LogP contribution in [0.15, 0.2) is 78.9 Å². The van der Waals surface area contributed by atoms with Crippen LogP contribution in [0, 0.1) is 0 Å². The van der Waals surface area contributed by atoms with Crippen molar-refractivity contribution in [2.45, 2.75) is 50.6 Å². The zero-order chi connectivity index (χ0) is 32.5. The normalized spacial score (nSPS) is 13.8. The largest absolute Gasteiger partial charge is 0.497 e. The molecule has 4 N–H and O–H groups in total. The van der Waals surface area contributed by atoms with Crippen molar-refractivity contribution in [3.8, 4) is 11.5 Å². The van der Waals surface area contributed by atoms with Crippen LogP contribution in [0.5, 0.6) is 11.5 Å². The summed E-state index contributed by atoms with van der Waals surface area (Å²) in [6, 6.07) is 22.6. The number of methoxy groups -OCH3 is 2. The van der Waals surface area contributed by atoms with Gasteiger partial charge >= 0.3 is 0 Å². The van der Waals surface area contributed by atoms with Gasteiger partial charge in [0.2, 0.25) is 5.91 Å². The Kier molecular flexibility index (Phi) is 10.9. The van der Waals surface area contributed by atoms with Crippen molar-refractivity contribution in [1.29, 1.82) is 0 Å². The topological polar surface area (TPSA) is 136 Å². The lowest BCUT2D eigenvalue weighted by molar-refractivity contribution is -0.122. The first-order chi connectivity index (χ1) is 22.4. The standard InChI is InChI=1S/C35H39N5O5S/c1-44-27-17-13-24(14-18-27)31(34(42)37-22-21-23-9-5-3-6-10-23)40(26-15-19-28(45-2)20-16-26)35(43)32-29(36)30(39-46-32)33(41)38-25-11-7-4-8-12-25/h3,5-6,9-10,13-20,25,31H,4,7-8,11-12,21-22,36H2,1-2H3,(H,37,42)(H,38,41)/t31-/m0/s1. The maximum absolute atomic E-state index is 14.5. The van der Waals surface area contributed by atoms with Crippen molar-refractivity contribution in [3.05, 3.63) is 101 Å². The fourth-order valence-electron chi connectivity index (χ4n) is 5.63. The molecule has 0 bridgehead atoms. The van der Waals surface area contributed by atoms with Crippen LogP contribution in [-0.4, -0.2) is 48.9 Å². The number of anilines is 2. The van der Waals surface area contributed by atoms with Crippen LogP contribution in [0.2, 0.25) is 0 Å². The molecule has 11 heteroatoms. The Labute approximate surface area is 273 Å². The number of hydrogen-bond donors (Lipinski definition) is 3. The molecule has 5 rings (SSSR count). The maximum atomic E-state index is 14.5. The summed E-state index contributed by atoms with van der Waals surface area (Å²) in [4.78, 5) is 43.3. The van der Waals surface area contributed by atoms with Crippen molar-refractivity contribution in [2.24, 2.45) is 0 Å². The van der Waals surface area contributed by atoms with Crippen LogP contribution >= 0.6 is 11.5 Å². The zero-order valence-corrected chi connectivity index (χ0v) is 26.8. The average Bonchev–Trinajstić information content (AvgIpc) is 3.49. The summed E-state index contributed by atoms with van der Waals surface area (Å²) in [7, 11) is 3.11. The number of nitrogen functional groups attached to an aromatic ring is 1. The summed E-state index contributed by atoms with van der Waals surface area (Å²) in [6.45, 7) is 0.355. The van der Waals surface area contributed by atoms with Gasteiger partial charge in [0.1, 0.15) is 22.4 Å². The molecule has 0 saturated heterocycles. The number of ether oxygens (including phenoxy) is 2. The van der Waals surface area contributed by atoms with Crippen molar-refractivity contribution >= 4 is 40.6 Å². The number of carbonyl (C=O) groups is 3. The predicted octanol–water partition coefficient (Wildman–Crippen LogP) is 5.55. The third-order valence-corrected chi connectivity index (χ3v) is 8.99. The highest BCUT2D eigenvalue weighted by Crippen LogP contribution is 2.34. The van der Waals surface area contributed by atoms with Gasteiger partial charge < -0.3 is 25.8 Å². The van der Waals surface area contributed by atoms with E-state index in [0.717, 1.165) is 49.2 Å². The van der Waals surface area contributed by atoms with E-state index in [-0.39, 0.29) is 28.2 Å². The zero-order valence-electron chi connectivity index (χ0n) is 26.0. The minimum Gasteiger partial charge on any atom is -0.497 e.